The van der Waals surface area contributed by atoms with E-state index in [0.717, 1.165) is 21.4 Å². The van der Waals surface area contributed by atoms with Gasteiger partial charge in [-0.25, -0.2) is 0 Å². The SMILES string of the molecule is CCC(=O)Nc1ccc(Cl)c(NCc2cncc(Br)c2)c1. The van der Waals surface area contributed by atoms with E-state index in [1.807, 2.05) is 19.1 Å². The fraction of sp³-hybridized carbons (Fsp3) is 0.200. The number of benzene rings is 1. The number of hydrogen-bond acceptors (Lipinski definition) is 3. The maximum atomic E-state index is 11.4. The Morgan fingerprint density at radius 2 is 2.14 bits per heavy atom. The Balaban J connectivity index is 2.08. The Morgan fingerprint density at radius 1 is 1.33 bits per heavy atom. The number of anilines is 2. The van der Waals surface area contributed by atoms with E-state index in [1.165, 1.54) is 0 Å². The molecule has 0 spiro atoms. The lowest BCUT2D eigenvalue weighted by Crippen LogP contribution is -2.10. The van der Waals surface area contributed by atoms with Gasteiger partial charge in [0, 0.05) is 35.5 Å². The van der Waals surface area contributed by atoms with E-state index in [-0.39, 0.29) is 5.91 Å². The molecule has 2 N–H and O–H groups in total. The largest absolute Gasteiger partial charge is 0.380 e. The van der Waals surface area contributed by atoms with Gasteiger partial charge in [0.15, 0.2) is 0 Å². The number of carbonyl (C=O) groups is 1. The molecule has 0 saturated heterocycles. The van der Waals surface area contributed by atoms with Crippen LogP contribution in [0.3, 0.4) is 0 Å². The van der Waals surface area contributed by atoms with E-state index in [9.17, 15) is 4.79 Å². The van der Waals surface area contributed by atoms with Crippen molar-refractivity contribution in [2.24, 2.45) is 0 Å². The van der Waals surface area contributed by atoms with Crippen LogP contribution < -0.4 is 10.6 Å². The van der Waals surface area contributed by atoms with E-state index < -0.39 is 0 Å². The summed E-state index contributed by atoms with van der Waals surface area (Å²) in [5.41, 5.74) is 2.52. The molecule has 1 aromatic carbocycles. The molecule has 6 heteroatoms. The summed E-state index contributed by atoms with van der Waals surface area (Å²) in [4.78, 5) is 15.5. The molecule has 0 bridgehead atoms. The zero-order chi connectivity index (χ0) is 15.2. The smallest absolute Gasteiger partial charge is 0.224 e. The summed E-state index contributed by atoms with van der Waals surface area (Å²) < 4.78 is 0.928. The monoisotopic (exact) mass is 367 g/mol. The molecule has 2 rings (SSSR count). The topological polar surface area (TPSA) is 54.0 Å². The highest BCUT2D eigenvalue weighted by molar-refractivity contribution is 9.10. The average molecular weight is 369 g/mol. The van der Waals surface area contributed by atoms with Crippen molar-refractivity contribution in [3.05, 3.63) is 51.7 Å². The summed E-state index contributed by atoms with van der Waals surface area (Å²) in [5, 5.41) is 6.66. The lowest BCUT2D eigenvalue weighted by atomic mass is 10.2. The number of amides is 1. The zero-order valence-corrected chi connectivity index (χ0v) is 13.8. The first kappa shape index (κ1) is 15.8. The Kier molecular flexibility index (Phi) is 5.59. The minimum atomic E-state index is -0.0283. The van der Waals surface area contributed by atoms with Crippen LogP contribution in [0, 0.1) is 0 Å². The first-order valence-electron chi connectivity index (χ1n) is 6.51. The van der Waals surface area contributed by atoms with Crippen LogP contribution in [0.4, 0.5) is 11.4 Å². The molecule has 4 nitrogen and oxygen atoms in total. The Morgan fingerprint density at radius 3 is 2.86 bits per heavy atom. The summed E-state index contributed by atoms with van der Waals surface area (Å²) >= 11 is 9.55. The Hall–Kier alpha value is -1.59. The van der Waals surface area contributed by atoms with Crippen LogP contribution in [-0.4, -0.2) is 10.9 Å². The van der Waals surface area contributed by atoms with Crippen LogP contribution in [-0.2, 0) is 11.3 Å². The molecule has 0 fully saturated rings. The number of pyridine rings is 1. The normalized spacial score (nSPS) is 10.2. The van der Waals surface area contributed by atoms with E-state index in [4.69, 9.17) is 11.6 Å². The number of nitrogens with zero attached hydrogens (tertiary/aromatic N) is 1. The van der Waals surface area contributed by atoms with Gasteiger partial charge in [-0.15, -0.1) is 0 Å². The summed E-state index contributed by atoms with van der Waals surface area (Å²) in [7, 11) is 0. The molecule has 0 unspecified atom stereocenters. The third-order valence-corrected chi connectivity index (χ3v) is 3.58. The fourth-order valence-corrected chi connectivity index (χ4v) is 2.33. The molecule has 0 atom stereocenters. The molecule has 0 radical (unpaired) electrons. The lowest BCUT2D eigenvalue weighted by Gasteiger charge is -2.11. The third kappa shape index (κ3) is 4.72. The first-order valence-corrected chi connectivity index (χ1v) is 7.68. The van der Waals surface area contributed by atoms with Crippen LogP contribution in [0.5, 0.6) is 0 Å². The highest BCUT2D eigenvalue weighted by Gasteiger charge is 2.05. The van der Waals surface area contributed by atoms with Gasteiger partial charge in [-0.05, 0) is 45.8 Å². The molecular weight excluding hydrogens is 354 g/mol. The zero-order valence-electron chi connectivity index (χ0n) is 11.5. The van der Waals surface area contributed by atoms with Gasteiger partial charge in [0.05, 0.1) is 10.7 Å². The van der Waals surface area contributed by atoms with Crippen molar-refractivity contribution in [1.82, 2.24) is 4.98 Å². The summed E-state index contributed by atoms with van der Waals surface area (Å²) in [6, 6.07) is 7.34. The molecule has 1 amide bonds. The molecule has 0 aliphatic rings. The number of nitrogens with one attached hydrogen (secondary N) is 2. The standard InChI is InChI=1S/C15H15BrClN3O/c1-2-15(21)20-12-3-4-13(17)14(6-12)19-8-10-5-11(16)9-18-7-10/h3-7,9,19H,2,8H2,1H3,(H,20,21). The molecule has 1 aromatic heterocycles. The molecule has 0 aliphatic carbocycles. The molecular formula is C15H15BrClN3O. The highest BCUT2D eigenvalue weighted by Crippen LogP contribution is 2.26. The fourth-order valence-electron chi connectivity index (χ4n) is 1.74. The van der Waals surface area contributed by atoms with Crippen LogP contribution >= 0.6 is 27.5 Å². The number of rotatable bonds is 5. The van der Waals surface area contributed by atoms with E-state index in [2.05, 4.69) is 31.5 Å². The van der Waals surface area contributed by atoms with Crippen molar-refractivity contribution in [3.63, 3.8) is 0 Å². The van der Waals surface area contributed by atoms with Crippen molar-refractivity contribution < 1.29 is 4.79 Å². The van der Waals surface area contributed by atoms with Crippen molar-refractivity contribution in [3.8, 4) is 0 Å². The van der Waals surface area contributed by atoms with Gasteiger partial charge in [-0.3, -0.25) is 9.78 Å². The number of carbonyl (C=O) groups excluding carboxylic acids is 1. The van der Waals surface area contributed by atoms with Gasteiger partial charge in [-0.1, -0.05) is 18.5 Å². The molecule has 0 aliphatic heterocycles. The second kappa shape index (κ2) is 7.43. The van der Waals surface area contributed by atoms with Gasteiger partial charge in [0.1, 0.15) is 0 Å². The Labute approximate surface area is 137 Å². The van der Waals surface area contributed by atoms with Crippen molar-refractivity contribution in [1.29, 1.82) is 0 Å². The lowest BCUT2D eigenvalue weighted by molar-refractivity contribution is -0.115. The van der Waals surface area contributed by atoms with Gasteiger partial charge >= 0.3 is 0 Å². The van der Waals surface area contributed by atoms with Gasteiger partial charge in [-0.2, -0.15) is 0 Å². The number of aromatic nitrogens is 1. The third-order valence-electron chi connectivity index (χ3n) is 2.82. The van der Waals surface area contributed by atoms with Gasteiger partial charge in [0.25, 0.3) is 0 Å². The first-order chi connectivity index (χ1) is 10.1. The van der Waals surface area contributed by atoms with Crippen LogP contribution in [0.25, 0.3) is 0 Å². The van der Waals surface area contributed by atoms with Gasteiger partial charge in [0.2, 0.25) is 5.91 Å². The van der Waals surface area contributed by atoms with E-state index in [1.54, 1.807) is 24.5 Å². The van der Waals surface area contributed by atoms with E-state index >= 15 is 0 Å². The van der Waals surface area contributed by atoms with Crippen molar-refractivity contribution >= 4 is 44.8 Å². The predicted octanol–water partition coefficient (Wildman–Crippen LogP) is 4.46. The van der Waals surface area contributed by atoms with E-state index in [0.29, 0.717) is 18.0 Å². The predicted molar refractivity (Wildman–Crippen MR) is 89.6 cm³/mol. The summed E-state index contributed by atoms with van der Waals surface area (Å²) in [6.45, 7) is 2.40. The maximum absolute atomic E-state index is 11.4. The molecule has 0 saturated carbocycles. The second-order valence-electron chi connectivity index (χ2n) is 4.46. The minimum absolute atomic E-state index is 0.0283. The summed E-state index contributed by atoms with van der Waals surface area (Å²) in [6.07, 6.45) is 3.96. The minimum Gasteiger partial charge on any atom is -0.380 e. The second-order valence-corrected chi connectivity index (χ2v) is 5.78. The summed E-state index contributed by atoms with van der Waals surface area (Å²) in [5.74, 6) is -0.0283. The molecule has 2 aromatic rings. The van der Waals surface area contributed by atoms with Crippen molar-refractivity contribution in [2.75, 3.05) is 10.6 Å². The highest BCUT2D eigenvalue weighted by atomic mass is 79.9. The quantitative estimate of drug-likeness (QED) is 0.819. The van der Waals surface area contributed by atoms with Crippen molar-refractivity contribution in [2.45, 2.75) is 19.9 Å². The average Bonchev–Trinajstić information content (AvgIpc) is 2.47. The van der Waals surface area contributed by atoms with Gasteiger partial charge < -0.3 is 10.6 Å². The molecule has 21 heavy (non-hydrogen) atoms. The number of halogens is 2. The van der Waals surface area contributed by atoms with Crippen LogP contribution in [0.2, 0.25) is 5.02 Å². The number of hydrogen-bond donors (Lipinski definition) is 2. The van der Waals surface area contributed by atoms with Crippen LogP contribution in [0.15, 0.2) is 41.1 Å². The maximum Gasteiger partial charge on any atom is 0.224 e. The molecule has 1 heterocycles. The molecule has 110 valence electrons. The Bertz CT molecular complexity index is 649. The van der Waals surface area contributed by atoms with Crippen LogP contribution in [0.1, 0.15) is 18.9 Å².